The van der Waals surface area contributed by atoms with Crippen LogP contribution >= 0.6 is 11.3 Å². The van der Waals surface area contributed by atoms with Crippen LogP contribution in [0.3, 0.4) is 0 Å². The molecule has 3 nitrogen and oxygen atoms in total. The van der Waals surface area contributed by atoms with E-state index in [1.165, 1.54) is 29.8 Å². The van der Waals surface area contributed by atoms with Crippen LogP contribution in [-0.2, 0) is 11.2 Å². The van der Waals surface area contributed by atoms with E-state index in [2.05, 4.69) is 38.9 Å². The van der Waals surface area contributed by atoms with Crippen LogP contribution in [0.2, 0.25) is 0 Å². The maximum atomic E-state index is 13.4. The predicted octanol–water partition coefficient (Wildman–Crippen LogP) is 5.51. The van der Waals surface area contributed by atoms with E-state index in [1.807, 2.05) is 0 Å². The summed E-state index contributed by atoms with van der Waals surface area (Å²) >= 11 is 1.73. The van der Waals surface area contributed by atoms with E-state index in [-0.39, 0.29) is 17.7 Å². The van der Waals surface area contributed by atoms with Crippen molar-refractivity contribution < 1.29 is 13.5 Å². The lowest BCUT2D eigenvalue weighted by Crippen LogP contribution is -2.45. The van der Waals surface area contributed by atoms with Crippen molar-refractivity contribution in [2.24, 2.45) is 0 Å². The molecule has 0 radical (unpaired) electrons. The lowest BCUT2D eigenvalue weighted by atomic mass is 10.0. The van der Waals surface area contributed by atoms with Gasteiger partial charge in [-0.05, 0) is 70.4 Å². The smallest absolute Gasteiger partial charge is 0.123 e. The van der Waals surface area contributed by atoms with Gasteiger partial charge in [-0.2, -0.15) is 11.3 Å². The number of nitrogens with zero attached hydrogens (tertiary/aromatic N) is 2. The Morgan fingerprint density at radius 3 is 2.06 bits per heavy atom. The van der Waals surface area contributed by atoms with E-state index >= 15 is 0 Å². The Morgan fingerprint density at radius 1 is 0.875 bits per heavy atom. The van der Waals surface area contributed by atoms with Crippen LogP contribution in [0.15, 0.2) is 77.6 Å². The first-order valence-electron chi connectivity index (χ1n) is 10.9. The van der Waals surface area contributed by atoms with Crippen molar-refractivity contribution in [1.82, 2.24) is 9.80 Å². The second-order valence-electron chi connectivity index (χ2n) is 7.95. The van der Waals surface area contributed by atoms with Gasteiger partial charge >= 0.3 is 0 Å². The first-order valence-corrected chi connectivity index (χ1v) is 11.9. The Morgan fingerprint density at radius 2 is 1.50 bits per heavy atom. The van der Waals surface area contributed by atoms with Crippen molar-refractivity contribution in [3.05, 3.63) is 106 Å². The molecule has 0 N–H and O–H groups in total. The molecule has 1 fully saturated rings. The molecule has 1 aromatic heterocycles. The minimum Gasteiger partial charge on any atom is -0.375 e. The lowest BCUT2D eigenvalue weighted by Gasteiger charge is -2.34. The van der Waals surface area contributed by atoms with Crippen molar-refractivity contribution >= 4 is 11.3 Å². The first-order chi connectivity index (χ1) is 15.7. The zero-order valence-corrected chi connectivity index (χ0v) is 18.8. The number of piperazine rings is 1. The van der Waals surface area contributed by atoms with Crippen LogP contribution in [0, 0.1) is 11.6 Å². The van der Waals surface area contributed by atoms with E-state index in [0.29, 0.717) is 6.61 Å². The second kappa shape index (κ2) is 11.4. The van der Waals surface area contributed by atoms with Gasteiger partial charge in [-0.1, -0.05) is 30.3 Å². The number of halogens is 2. The molecule has 0 amide bonds. The zero-order chi connectivity index (χ0) is 22.2. The molecule has 1 saturated heterocycles. The molecule has 0 aliphatic carbocycles. The average Bonchev–Trinajstić information content (AvgIpc) is 3.33. The van der Waals surface area contributed by atoms with Gasteiger partial charge in [0, 0.05) is 32.7 Å². The van der Waals surface area contributed by atoms with Gasteiger partial charge in [-0.25, -0.2) is 8.78 Å². The van der Waals surface area contributed by atoms with Crippen molar-refractivity contribution in [2.75, 3.05) is 39.3 Å². The molecule has 3 aromatic rings. The van der Waals surface area contributed by atoms with Crippen molar-refractivity contribution in [3.8, 4) is 0 Å². The fourth-order valence-electron chi connectivity index (χ4n) is 3.84. The van der Waals surface area contributed by atoms with Crippen molar-refractivity contribution in [3.63, 3.8) is 0 Å². The number of hydrogen-bond acceptors (Lipinski definition) is 4. The second-order valence-corrected chi connectivity index (χ2v) is 8.73. The molecule has 0 atom stereocenters. The molecule has 32 heavy (non-hydrogen) atoms. The quantitative estimate of drug-likeness (QED) is 0.424. The van der Waals surface area contributed by atoms with Gasteiger partial charge in [0.1, 0.15) is 17.7 Å². The van der Waals surface area contributed by atoms with E-state index in [0.717, 1.165) is 50.3 Å². The van der Waals surface area contributed by atoms with E-state index < -0.39 is 0 Å². The Balaban J connectivity index is 1.26. The molecular weight excluding hydrogens is 426 g/mol. The van der Waals surface area contributed by atoms with Gasteiger partial charge in [0.15, 0.2) is 0 Å². The molecule has 1 aliphatic heterocycles. The molecular formula is C26H28F2N2OS. The largest absolute Gasteiger partial charge is 0.375 e. The van der Waals surface area contributed by atoms with Gasteiger partial charge in [-0.15, -0.1) is 0 Å². The fourth-order valence-corrected chi connectivity index (χ4v) is 4.52. The summed E-state index contributed by atoms with van der Waals surface area (Å²) in [5.41, 5.74) is 3.08. The number of allylic oxidation sites excluding steroid dienone is 1. The molecule has 4 rings (SSSR count). The SMILES string of the molecule is Fc1ccc(C(OCCN2CCN(C=CCc3ccsc3)CC2)c2ccc(F)cc2)cc1. The highest BCUT2D eigenvalue weighted by Crippen LogP contribution is 2.26. The molecule has 0 bridgehead atoms. The van der Waals surface area contributed by atoms with Crippen LogP contribution in [0.25, 0.3) is 0 Å². The molecule has 0 spiro atoms. The summed E-state index contributed by atoms with van der Waals surface area (Å²) in [6.45, 7) is 5.35. The molecule has 0 unspecified atom stereocenters. The zero-order valence-electron chi connectivity index (χ0n) is 18.0. The Labute approximate surface area is 192 Å². The average molecular weight is 455 g/mol. The summed E-state index contributed by atoms with van der Waals surface area (Å²) in [4.78, 5) is 4.76. The van der Waals surface area contributed by atoms with Gasteiger partial charge in [0.25, 0.3) is 0 Å². The summed E-state index contributed by atoms with van der Waals surface area (Å²) in [6, 6.07) is 14.8. The fraction of sp³-hybridized carbons (Fsp3) is 0.308. The van der Waals surface area contributed by atoms with Crippen molar-refractivity contribution in [2.45, 2.75) is 12.5 Å². The van der Waals surface area contributed by atoms with Gasteiger partial charge in [0.2, 0.25) is 0 Å². The highest BCUT2D eigenvalue weighted by atomic mass is 32.1. The molecule has 0 saturated carbocycles. The van der Waals surface area contributed by atoms with Gasteiger partial charge in [-0.3, -0.25) is 4.90 Å². The normalized spacial score (nSPS) is 15.2. The van der Waals surface area contributed by atoms with Crippen LogP contribution in [0.1, 0.15) is 22.8 Å². The molecule has 2 aromatic carbocycles. The van der Waals surface area contributed by atoms with Crippen LogP contribution in [0.4, 0.5) is 8.78 Å². The maximum Gasteiger partial charge on any atom is 0.123 e. The summed E-state index contributed by atoms with van der Waals surface area (Å²) < 4.78 is 33.0. The molecule has 168 valence electrons. The third-order valence-corrected chi connectivity index (χ3v) is 6.43. The number of thiophene rings is 1. The third-order valence-electron chi connectivity index (χ3n) is 5.69. The summed E-state index contributed by atoms with van der Waals surface area (Å²) in [5.74, 6) is -0.567. The van der Waals surface area contributed by atoms with E-state index in [4.69, 9.17) is 4.74 Å². The van der Waals surface area contributed by atoms with E-state index in [9.17, 15) is 8.78 Å². The maximum absolute atomic E-state index is 13.4. The third kappa shape index (κ3) is 6.48. The summed E-state index contributed by atoms with van der Waals surface area (Å²) in [6.07, 6.45) is 5.07. The lowest BCUT2D eigenvalue weighted by molar-refractivity contribution is 0.0502. The first kappa shape index (κ1) is 22.6. The van der Waals surface area contributed by atoms with E-state index in [1.54, 1.807) is 35.6 Å². The summed E-state index contributed by atoms with van der Waals surface area (Å²) in [5, 5.41) is 4.30. The minimum atomic E-state index is -0.350. The van der Waals surface area contributed by atoms with Crippen LogP contribution in [0.5, 0.6) is 0 Å². The standard InChI is InChI=1S/C26H28F2N2OS/c27-24-7-3-22(4-8-24)26(23-5-9-25(28)10-6-23)31-18-17-30-15-13-29(14-16-30)12-1-2-21-11-19-32-20-21/h1,3-12,19-20,26H,2,13-18H2. The monoisotopic (exact) mass is 454 g/mol. The minimum absolute atomic E-state index is 0.283. The highest BCUT2D eigenvalue weighted by molar-refractivity contribution is 7.07. The predicted molar refractivity (Wildman–Crippen MR) is 126 cm³/mol. The van der Waals surface area contributed by atoms with Gasteiger partial charge in [0.05, 0.1) is 6.61 Å². The number of hydrogen-bond donors (Lipinski definition) is 0. The van der Waals surface area contributed by atoms with Crippen LogP contribution < -0.4 is 0 Å². The van der Waals surface area contributed by atoms with Crippen LogP contribution in [-0.4, -0.2) is 49.1 Å². The topological polar surface area (TPSA) is 15.7 Å². The Bertz CT molecular complexity index is 921. The van der Waals surface area contributed by atoms with Crippen molar-refractivity contribution in [1.29, 1.82) is 0 Å². The van der Waals surface area contributed by atoms with Gasteiger partial charge < -0.3 is 9.64 Å². The Hall–Kier alpha value is -2.54. The summed E-state index contributed by atoms with van der Waals surface area (Å²) in [7, 11) is 0. The number of ether oxygens (including phenoxy) is 1. The number of benzene rings is 2. The molecule has 1 aliphatic rings. The molecule has 2 heterocycles. The Kier molecular flexibility index (Phi) is 8.04. The highest BCUT2D eigenvalue weighted by Gasteiger charge is 2.18. The molecule has 6 heteroatoms. The number of rotatable bonds is 9.